The van der Waals surface area contributed by atoms with Gasteiger partial charge in [0, 0.05) is 36.1 Å². The Hall–Kier alpha value is -4.52. The maximum Gasteiger partial charge on any atom is 0.250 e. The lowest BCUT2D eigenvalue weighted by molar-refractivity contribution is -0.128. The molecule has 252 valence electrons. The van der Waals surface area contributed by atoms with Gasteiger partial charge in [-0.05, 0) is 61.2 Å². The van der Waals surface area contributed by atoms with Crippen LogP contribution in [-0.2, 0) is 27.5 Å². The number of aliphatic hydroxyl groups is 1. The van der Waals surface area contributed by atoms with Crippen LogP contribution < -0.4 is 20.4 Å². The van der Waals surface area contributed by atoms with E-state index in [0.29, 0.717) is 18.1 Å². The molecule has 0 radical (unpaired) electrons. The van der Waals surface area contributed by atoms with Crippen LogP contribution in [0.15, 0.2) is 84.1 Å². The third-order valence-corrected chi connectivity index (χ3v) is 9.23. The zero-order chi connectivity index (χ0) is 34.4. The van der Waals surface area contributed by atoms with Crippen molar-refractivity contribution in [1.82, 2.24) is 20.6 Å². The topological polar surface area (TPSA) is 131 Å². The number of carbonyl (C=O) groups is 3. The van der Waals surface area contributed by atoms with Crippen LogP contribution in [-0.4, -0.2) is 62.8 Å². The summed E-state index contributed by atoms with van der Waals surface area (Å²) in [4.78, 5) is 51.1. The second-order valence-corrected chi connectivity index (χ2v) is 13.7. The first kappa shape index (κ1) is 34.8. The van der Waals surface area contributed by atoms with Crippen LogP contribution in [0.5, 0.6) is 0 Å². The number of thioether (sulfide) groups is 1. The normalized spacial score (nSPS) is 15.4. The Balaban J connectivity index is 1.46. The number of hydrogen-bond donors (Lipinski definition) is 4. The van der Waals surface area contributed by atoms with Gasteiger partial charge in [0.05, 0.1) is 37.4 Å². The molecule has 0 spiro atoms. The summed E-state index contributed by atoms with van der Waals surface area (Å²) in [6.45, 7) is 7.54. The molecule has 12 heteroatoms. The zero-order valence-electron chi connectivity index (χ0n) is 27.5. The maximum absolute atomic E-state index is 14.7. The molecule has 0 aliphatic carbocycles. The van der Waals surface area contributed by atoms with Gasteiger partial charge in [0.2, 0.25) is 11.8 Å². The number of amides is 3. The molecule has 3 amide bonds. The number of nitrogens with zero attached hydrogens (tertiary/aromatic N) is 3. The van der Waals surface area contributed by atoms with Crippen molar-refractivity contribution in [3.05, 3.63) is 96.2 Å². The van der Waals surface area contributed by atoms with Crippen molar-refractivity contribution in [1.29, 1.82) is 0 Å². The fourth-order valence-corrected chi connectivity index (χ4v) is 6.72. The number of carbonyl (C=O) groups excluding carboxylic acids is 3. The molecule has 48 heavy (non-hydrogen) atoms. The number of benzene rings is 3. The molecule has 1 aromatic heterocycles. The molecule has 5 rings (SSSR count). The van der Waals surface area contributed by atoms with E-state index in [1.165, 1.54) is 42.0 Å². The Morgan fingerprint density at radius 1 is 1.17 bits per heavy atom. The van der Waals surface area contributed by atoms with Gasteiger partial charge in [0.1, 0.15) is 17.7 Å². The smallest absolute Gasteiger partial charge is 0.250 e. The van der Waals surface area contributed by atoms with Crippen LogP contribution in [0.4, 0.5) is 15.9 Å². The van der Waals surface area contributed by atoms with Crippen LogP contribution >= 0.6 is 11.8 Å². The molecule has 3 aromatic carbocycles. The van der Waals surface area contributed by atoms with Crippen LogP contribution in [0, 0.1) is 5.82 Å². The number of fused-ring (bicyclic) bond motifs is 1. The van der Waals surface area contributed by atoms with Gasteiger partial charge in [-0.2, -0.15) is 0 Å². The highest BCUT2D eigenvalue weighted by Crippen LogP contribution is 2.37. The van der Waals surface area contributed by atoms with Crippen molar-refractivity contribution in [2.24, 2.45) is 0 Å². The lowest BCUT2D eigenvalue weighted by Crippen LogP contribution is -2.52. The van der Waals surface area contributed by atoms with Crippen molar-refractivity contribution in [2.45, 2.75) is 69.8 Å². The number of anilines is 2. The number of aromatic nitrogens is 2. The fourth-order valence-electron chi connectivity index (χ4n) is 5.67. The Morgan fingerprint density at radius 3 is 2.62 bits per heavy atom. The number of aromatic amines is 1. The van der Waals surface area contributed by atoms with Gasteiger partial charge in [-0.25, -0.2) is 9.37 Å². The van der Waals surface area contributed by atoms with Crippen molar-refractivity contribution < 1.29 is 23.9 Å². The quantitative estimate of drug-likeness (QED) is 0.166. The fraction of sp³-hybridized carbons (Fsp3) is 0.333. The molecule has 1 aliphatic rings. The van der Waals surface area contributed by atoms with Gasteiger partial charge in [0.25, 0.3) is 5.91 Å². The number of hydrogen-bond acceptors (Lipinski definition) is 7. The van der Waals surface area contributed by atoms with Crippen LogP contribution in [0.2, 0.25) is 0 Å². The molecule has 0 unspecified atom stereocenters. The van der Waals surface area contributed by atoms with Crippen molar-refractivity contribution >= 4 is 41.0 Å². The number of imidazole rings is 1. The molecule has 0 saturated heterocycles. The zero-order valence-corrected chi connectivity index (χ0v) is 28.3. The van der Waals surface area contributed by atoms with Gasteiger partial charge in [-0.3, -0.25) is 19.3 Å². The summed E-state index contributed by atoms with van der Waals surface area (Å²) in [7, 11) is 0. The highest BCUT2D eigenvalue weighted by Gasteiger charge is 2.34. The van der Waals surface area contributed by atoms with Crippen molar-refractivity contribution in [3.63, 3.8) is 0 Å². The van der Waals surface area contributed by atoms with Crippen LogP contribution in [0.1, 0.15) is 45.2 Å². The van der Waals surface area contributed by atoms with E-state index in [0.717, 1.165) is 27.1 Å². The first-order valence-electron chi connectivity index (χ1n) is 15.8. The minimum Gasteiger partial charge on any atom is -0.392 e. The number of β-amino-alcohol motifs (C(OH)–C–C–N with tert-alkyl or cyclic N) is 1. The average molecular weight is 673 g/mol. The summed E-state index contributed by atoms with van der Waals surface area (Å²) in [5, 5.41) is 15.8. The van der Waals surface area contributed by atoms with E-state index >= 15 is 0 Å². The Kier molecular flexibility index (Phi) is 11.0. The molecule has 0 fully saturated rings. The molecular formula is C36H41FN6O4S. The second-order valence-electron chi connectivity index (χ2n) is 12.7. The summed E-state index contributed by atoms with van der Waals surface area (Å²) in [5.41, 5.74) is 3.31. The Morgan fingerprint density at radius 2 is 1.94 bits per heavy atom. The first-order valence-corrected chi connectivity index (χ1v) is 16.8. The molecule has 2 heterocycles. The summed E-state index contributed by atoms with van der Waals surface area (Å²) >= 11 is 1.39. The predicted octanol–water partition coefficient (Wildman–Crippen LogP) is 5.03. The van der Waals surface area contributed by atoms with E-state index < -0.39 is 23.5 Å². The van der Waals surface area contributed by atoms with Gasteiger partial charge in [-0.1, -0.05) is 48.5 Å². The number of nitrogens with one attached hydrogen (secondary N) is 3. The van der Waals surface area contributed by atoms with Gasteiger partial charge in [-0.15, -0.1) is 11.8 Å². The van der Waals surface area contributed by atoms with Gasteiger partial charge >= 0.3 is 0 Å². The van der Waals surface area contributed by atoms with E-state index in [1.54, 1.807) is 24.1 Å². The predicted molar refractivity (Wildman–Crippen MR) is 186 cm³/mol. The summed E-state index contributed by atoms with van der Waals surface area (Å²) in [6, 6.07) is 19.2. The largest absolute Gasteiger partial charge is 0.392 e. The van der Waals surface area contributed by atoms with Gasteiger partial charge < -0.3 is 25.6 Å². The summed E-state index contributed by atoms with van der Waals surface area (Å²) in [6.07, 6.45) is 2.62. The van der Waals surface area contributed by atoms with E-state index in [1.807, 2.05) is 62.4 Å². The molecule has 2 atom stereocenters. The number of H-pyrrole nitrogens is 1. The Labute approximate surface area is 284 Å². The van der Waals surface area contributed by atoms with Gasteiger partial charge in [0.15, 0.2) is 0 Å². The van der Waals surface area contributed by atoms with E-state index in [2.05, 4.69) is 20.6 Å². The lowest BCUT2D eigenvalue weighted by Gasteiger charge is -2.29. The maximum atomic E-state index is 14.7. The highest BCUT2D eigenvalue weighted by atomic mass is 32.2. The monoisotopic (exact) mass is 672 g/mol. The lowest BCUT2D eigenvalue weighted by atomic mass is 9.96. The standard InChI is InChI=1S/C36H41FN6O4S/c1-23(44)17-40-36(3,4)16-34(46)41-30-21-48-32-13-11-28(37)15-31(32)43(35(30)47)19-25-10-12-29(26-8-6-5-7-9-26)27(14-25)20-42(24(2)45)33-18-38-22-39-33/h5-15,18,22-23,30,40,44H,16-17,19-21H2,1-4H3,(H,38,39)(H,41,46)/t23-,30-/m1/s1. The third-order valence-electron chi connectivity index (χ3n) is 8.07. The van der Waals surface area contributed by atoms with Crippen LogP contribution in [0.3, 0.4) is 0 Å². The first-order chi connectivity index (χ1) is 22.9. The molecule has 4 aromatic rings. The summed E-state index contributed by atoms with van der Waals surface area (Å²) in [5.74, 6) is -0.484. The van der Waals surface area contributed by atoms with Crippen LogP contribution in [0.25, 0.3) is 11.1 Å². The number of rotatable bonds is 12. The number of halogens is 1. The molecular weight excluding hydrogens is 631 g/mol. The van der Waals surface area contributed by atoms with E-state index in [-0.39, 0.29) is 43.0 Å². The Bertz CT molecular complexity index is 1750. The molecule has 10 nitrogen and oxygen atoms in total. The van der Waals surface area contributed by atoms with E-state index in [4.69, 9.17) is 0 Å². The van der Waals surface area contributed by atoms with Crippen molar-refractivity contribution in [2.75, 3.05) is 22.1 Å². The van der Waals surface area contributed by atoms with E-state index in [9.17, 15) is 23.9 Å². The molecule has 4 N–H and O–H groups in total. The molecule has 1 aliphatic heterocycles. The average Bonchev–Trinajstić information content (AvgIpc) is 3.55. The minimum absolute atomic E-state index is 0.0863. The highest BCUT2D eigenvalue weighted by molar-refractivity contribution is 7.99. The minimum atomic E-state index is -0.859. The SMILES string of the molecule is CC(=O)N(Cc1cc(CN2C(=O)[C@H](NC(=O)CC(C)(C)NC[C@@H](C)O)CSc3ccc(F)cc32)ccc1-c1ccccc1)c1cnc[nH]1. The second kappa shape index (κ2) is 15.1. The molecule has 0 saturated carbocycles. The summed E-state index contributed by atoms with van der Waals surface area (Å²) < 4.78 is 14.7. The van der Waals surface area contributed by atoms with Crippen molar-refractivity contribution in [3.8, 4) is 11.1 Å². The molecule has 0 bridgehead atoms. The number of aliphatic hydroxyl groups excluding tert-OH is 1. The third kappa shape index (κ3) is 8.68.